The highest BCUT2D eigenvalue weighted by Gasteiger charge is 2.07. The van der Waals surface area contributed by atoms with Crippen molar-refractivity contribution in [2.75, 3.05) is 13.7 Å². The number of carbonyl (C=O) groups excluding carboxylic acids is 1. The maximum absolute atomic E-state index is 11.5. The Bertz CT molecular complexity index is 422. The highest BCUT2D eigenvalue weighted by Crippen LogP contribution is 2.22. The van der Waals surface area contributed by atoms with Gasteiger partial charge in [-0.15, -0.1) is 0 Å². The number of benzene rings is 1. The predicted octanol–water partition coefficient (Wildman–Crippen LogP) is 2.35. The van der Waals surface area contributed by atoms with Crippen LogP contribution in [0.25, 0.3) is 0 Å². The van der Waals surface area contributed by atoms with Gasteiger partial charge in [-0.1, -0.05) is 11.6 Å². The van der Waals surface area contributed by atoms with Crippen molar-refractivity contribution in [1.29, 1.82) is 0 Å². The highest BCUT2D eigenvalue weighted by atomic mass is 35.5. The molecule has 0 heterocycles. The second-order valence-electron chi connectivity index (χ2n) is 4.60. The minimum absolute atomic E-state index is 0.000806. The van der Waals surface area contributed by atoms with E-state index in [1.807, 2.05) is 33.0 Å². The number of hydrogen-bond donors (Lipinski definition) is 2. The van der Waals surface area contributed by atoms with Crippen LogP contribution in [0.1, 0.15) is 25.8 Å². The first kappa shape index (κ1) is 15.8. The Labute approximate surface area is 119 Å². The summed E-state index contributed by atoms with van der Waals surface area (Å²) in [5, 5.41) is 6.56. The number of nitrogens with one attached hydrogen (secondary N) is 2. The number of rotatable bonds is 7. The normalized spacial score (nSPS) is 10.6. The lowest BCUT2D eigenvalue weighted by atomic mass is 10.2. The molecule has 0 aromatic heterocycles. The van der Waals surface area contributed by atoms with Crippen LogP contribution in [-0.4, -0.2) is 25.6 Å². The molecule has 0 unspecified atom stereocenters. The molecule has 0 saturated carbocycles. The fraction of sp³-hybridized carbons (Fsp3) is 0.500. The molecule has 0 aliphatic carbocycles. The van der Waals surface area contributed by atoms with Crippen molar-refractivity contribution in [2.45, 2.75) is 32.9 Å². The van der Waals surface area contributed by atoms with Crippen LogP contribution >= 0.6 is 11.6 Å². The van der Waals surface area contributed by atoms with E-state index in [1.165, 1.54) is 0 Å². The largest absolute Gasteiger partial charge is 0.493 e. The topological polar surface area (TPSA) is 50.4 Å². The van der Waals surface area contributed by atoms with E-state index >= 15 is 0 Å². The van der Waals surface area contributed by atoms with E-state index in [0.29, 0.717) is 24.6 Å². The van der Waals surface area contributed by atoms with Gasteiger partial charge >= 0.3 is 0 Å². The number of hydrogen-bond acceptors (Lipinski definition) is 3. The lowest BCUT2D eigenvalue weighted by Crippen LogP contribution is -2.31. The zero-order valence-electron chi connectivity index (χ0n) is 11.6. The van der Waals surface area contributed by atoms with Gasteiger partial charge in [0.2, 0.25) is 5.91 Å². The molecular formula is C14H21ClN2O2. The summed E-state index contributed by atoms with van der Waals surface area (Å²) in [6, 6.07) is 5.63. The molecular weight excluding hydrogens is 264 g/mol. The number of halogens is 1. The SMILES string of the molecule is CNCc1cc(Cl)ccc1OCCC(=O)NC(C)C. The molecule has 1 amide bonds. The van der Waals surface area contributed by atoms with Crippen LogP contribution in [0.15, 0.2) is 18.2 Å². The summed E-state index contributed by atoms with van der Waals surface area (Å²) in [4.78, 5) is 11.5. The van der Waals surface area contributed by atoms with Crippen LogP contribution in [0.3, 0.4) is 0 Å². The van der Waals surface area contributed by atoms with Gasteiger partial charge in [0.15, 0.2) is 0 Å². The fourth-order valence-electron chi connectivity index (χ4n) is 1.67. The Balaban J connectivity index is 2.50. The van der Waals surface area contributed by atoms with Gasteiger partial charge in [0, 0.05) is 23.2 Å². The summed E-state index contributed by atoms with van der Waals surface area (Å²) in [5.41, 5.74) is 0.985. The maximum Gasteiger partial charge on any atom is 0.223 e. The quantitative estimate of drug-likeness (QED) is 0.808. The molecule has 106 valence electrons. The van der Waals surface area contributed by atoms with Crippen LogP contribution in [0, 0.1) is 0 Å². The summed E-state index contributed by atoms with van der Waals surface area (Å²) in [6.45, 7) is 4.90. The number of amides is 1. The molecule has 4 nitrogen and oxygen atoms in total. The number of ether oxygens (including phenoxy) is 1. The minimum Gasteiger partial charge on any atom is -0.493 e. The Hall–Kier alpha value is -1.26. The van der Waals surface area contributed by atoms with Gasteiger partial charge in [-0.05, 0) is 39.1 Å². The zero-order valence-corrected chi connectivity index (χ0v) is 12.4. The lowest BCUT2D eigenvalue weighted by Gasteiger charge is -2.12. The van der Waals surface area contributed by atoms with E-state index < -0.39 is 0 Å². The second-order valence-corrected chi connectivity index (χ2v) is 5.04. The third-order valence-electron chi connectivity index (χ3n) is 2.43. The van der Waals surface area contributed by atoms with Gasteiger partial charge in [0.25, 0.3) is 0 Å². The first-order valence-corrected chi connectivity index (χ1v) is 6.76. The molecule has 0 spiro atoms. The van der Waals surface area contributed by atoms with Crippen LogP contribution in [0.2, 0.25) is 5.02 Å². The van der Waals surface area contributed by atoms with E-state index in [2.05, 4.69) is 10.6 Å². The fourth-order valence-corrected chi connectivity index (χ4v) is 1.86. The van der Waals surface area contributed by atoms with Crippen LogP contribution < -0.4 is 15.4 Å². The lowest BCUT2D eigenvalue weighted by molar-refractivity contribution is -0.122. The first-order chi connectivity index (χ1) is 9.02. The Morgan fingerprint density at radius 1 is 1.42 bits per heavy atom. The van der Waals surface area contributed by atoms with E-state index in [-0.39, 0.29) is 11.9 Å². The molecule has 2 N–H and O–H groups in total. The van der Waals surface area contributed by atoms with Gasteiger partial charge in [-0.3, -0.25) is 4.79 Å². The average Bonchev–Trinajstić information content (AvgIpc) is 2.31. The summed E-state index contributed by atoms with van der Waals surface area (Å²) in [5.74, 6) is 0.759. The molecule has 1 aromatic rings. The third kappa shape index (κ3) is 5.94. The molecule has 0 aliphatic heterocycles. The molecule has 1 aromatic carbocycles. The van der Waals surface area contributed by atoms with Gasteiger partial charge in [0.1, 0.15) is 5.75 Å². The minimum atomic E-state index is -0.000806. The molecule has 0 bridgehead atoms. The Morgan fingerprint density at radius 3 is 2.79 bits per heavy atom. The summed E-state index contributed by atoms with van der Waals surface area (Å²) >= 11 is 5.95. The summed E-state index contributed by atoms with van der Waals surface area (Å²) in [6.07, 6.45) is 0.347. The van der Waals surface area contributed by atoms with Crippen molar-refractivity contribution in [3.8, 4) is 5.75 Å². The van der Waals surface area contributed by atoms with Crippen LogP contribution in [0.5, 0.6) is 5.75 Å². The molecule has 1 rings (SSSR count). The summed E-state index contributed by atoms with van der Waals surface area (Å²) < 4.78 is 5.64. The van der Waals surface area contributed by atoms with E-state index in [0.717, 1.165) is 11.3 Å². The molecule has 5 heteroatoms. The van der Waals surface area contributed by atoms with Crippen molar-refractivity contribution in [1.82, 2.24) is 10.6 Å². The molecule has 19 heavy (non-hydrogen) atoms. The zero-order chi connectivity index (χ0) is 14.3. The smallest absolute Gasteiger partial charge is 0.223 e. The van der Waals surface area contributed by atoms with Crippen molar-refractivity contribution >= 4 is 17.5 Å². The van der Waals surface area contributed by atoms with Gasteiger partial charge in [-0.2, -0.15) is 0 Å². The third-order valence-corrected chi connectivity index (χ3v) is 2.66. The first-order valence-electron chi connectivity index (χ1n) is 6.38. The van der Waals surface area contributed by atoms with E-state index in [4.69, 9.17) is 16.3 Å². The van der Waals surface area contributed by atoms with Gasteiger partial charge in [-0.25, -0.2) is 0 Å². The second kappa shape index (κ2) is 8.02. The van der Waals surface area contributed by atoms with Crippen molar-refractivity contribution < 1.29 is 9.53 Å². The Morgan fingerprint density at radius 2 is 2.16 bits per heavy atom. The van der Waals surface area contributed by atoms with Crippen LogP contribution in [-0.2, 0) is 11.3 Å². The molecule has 0 radical (unpaired) electrons. The Kier molecular flexibility index (Phi) is 6.67. The van der Waals surface area contributed by atoms with Crippen LogP contribution in [0.4, 0.5) is 0 Å². The van der Waals surface area contributed by atoms with E-state index in [9.17, 15) is 4.79 Å². The highest BCUT2D eigenvalue weighted by molar-refractivity contribution is 6.30. The monoisotopic (exact) mass is 284 g/mol. The molecule has 0 fully saturated rings. The van der Waals surface area contributed by atoms with Crippen molar-refractivity contribution in [3.63, 3.8) is 0 Å². The standard InChI is InChI=1S/C14H21ClN2O2/c1-10(2)17-14(18)6-7-19-13-5-4-12(15)8-11(13)9-16-3/h4-5,8,10,16H,6-7,9H2,1-3H3,(H,17,18). The van der Waals surface area contributed by atoms with Gasteiger partial charge < -0.3 is 15.4 Å². The van der Waals surface area contributed by atoms with Crippen molar-refractivity contribution in [2.24, 2.45) is 0 Å². The molecule has 0 atom stereocenters. The average molecular weight is 285 g/mol. The predicted molar refractivity (Wildman–Crippen MR) is 77.6 cm³/mol. The number of carbonyl (C=O) groups is 1. The van der Waals surface area contributed by atoms with E-state index in [1.54, 1.807) is 6.07 Å². The molecule has 0 saturated heterocycles. The molecule has 0 aliphatic rings. The summed E-state index contributed by atoms with van der Waals surface area (Å²) in [7, 11) is 1.86. The van der Waals surface area contributed by atoms with Gasteiger partial charge in [0.05, 0.1) is 13.0 Å². The maximum atomic E-state index is 11.5. The van der Waals surface area contributed by atoms with Crippen molar-refractivity contribution in [3.05, 3.63) is 28.8 Å².